The first-order valence-electron chi connectivity index (χ1n) is 5.29. The SMILES string of the molecule is Cn1cc(S(N)(=O)=O)c(NS(=O)(=O)c2cncc(Br)c2)n1. The minimum Gasteiger partial charge on any atom is -0.272 e. The van der Waals surface area contributed by atoms with Gasteiger partial charge < -0.3 is 0 Å². The van der Waals surface area contributed by atoms with Crippen molar-refractivity contribution in [3.05, 3.63) is 29.1 Å². The molecule has 0 atom stereocenters. The molecule has 2 heterocycles. The maximum Gasteiger partial charge on any atom is 0.264 e. The Balaban J connectivity index is 2.47. The van der Waals surface area contributed by atoms with Gasteiger partial charge in [0.1, 0.15) is 9.79 Å². The topological polar surface area (TPSA) is 137 Å². The molecule has 2 rings (SSSR count). The minimum atomic E-state index is -4.11. The van der Waals surface area contributed by atoms with E-state index in [1.807, 2.05) is 0 Å². The first-order chi connectivity index (χ1) is 9.59. The van der Waals surface area contributed by atoms with E-state index in [1.165, 1.54) is 19.3 Å². The highest BCUT2D eigenvalue weighted by Crippen LogP contribution is 2.22. The van der Waals surface area contributed by atoms with Crippen molar-refractivity contribution in [2.75, 3.05) is 4.72 Å². The van der Waals surface area contributed by atoms with Crippen molar-refractivity contribution in [1.29, 1.82) is 0 Å². The Morgan fingerprint density at radius 1 is 1.29 bits per heavy atom. The summed E-state index contributed by atoms with van der Waals surface area (Å²) in [5, 5.41) is 8.76. The number of pyridine rings is 1. The van der Waals surface area contributed by atoms with Crippen molar-refractivity contribution < 1.29 is 16.8 Å². The summed E-state index contributed by atoms with van der Waals surface area (Å²) >= 11 is 3.10. The Morgan fingerprint density at radius 3 is 2.52 bits per heavy atom. The van der Waals surface area contributed by atoms with Crippen LogP contribution in [0.1, 0.15) is 0 Å². The van der Waals surface area contributed by atoms with E-state index >= 15 is 0 Å². The third kappa shape index (κ3) is 3.58. The molecule has 0 aliphatic heterocycles. The molecule has 9 nitrogen and oxygen atoms in total. The zero-order chi connectivity index (χ0) is 15.8. The Bertz CT molecular complexity index is 891. The molecular weight excluding hydrogens is 386 g/mol. The van der Waals surface area contributed by atoms with Crippen molar-refractivity contribution in [2.45, 2.75) is 9.79 Å². The number of aryl methyl sites for hydroxylation is 1. The summed E-state index contributed by atoms with van der Waals surface area (Å²) in [7, 11) is -6.72. The molecule has 0 saturated carbocycles. The summed E-state index contributed by atoms with van der Waals surface area (Å²) in [5.41, 5.74) is 0. The fourth-order valence-corrected chi connectivity index (χ4v) is 3.72. The van der Waals surface area contributed by atoms with Crippen LogP contribution in [0.15, 0.2) is 38.9 Å². The van der Waals surface area contributed by atoms with Crippen molar-refractivity contribution in [3.63, 3.8) is 0 Å². The van der Waals surface area contributed by atoms with Crippen molar-refractivity contribution in [3.8, 4) is 0 Å². The Kier molecular flexibility index (Phi) is 4.06. The number of nitrogens with two attached hydrogens (primary N) is 1. The quantitative estimate of drug-likeness (QED) is 0.748. The standard InChI is InChI=1S/C9H10BrN5O4S2/c1-15-5-8(20(11,16)17)9(13-15)14-21(18,19)7-2-6(10)3-12-4-7/h2-5H,1H3,(H,13,14)(H2,11,16,17). The van der Waals surface area contributed by atoms with Gasteiger partial charge in [-0.3, -0.25) is 14.4 Å². The van der Waals surface area contributed by atoms with Gasteiger partial charge >= 0.3 is 0 Å². The zero-order valence-corrected chi connectivity index (χ0v) is 13.8. The second kappa shape index (κ2) is 5.36. The molecule has 0 fully saturated rings. The molecule has 0 bridgehead atoms. The molecule has 114 valence electrons. The van der Waals surface area contributed by atoms with E-state index in [-0.39, 0.29) is 10.7 Å². The van der Waals surface area contributed by atoms with Crippen molar-refractivity contribution >= 4 is 41.8 Å². The van der Waals surface area contributed by atoms with Crippen LogP contribution >= 0.6 is 15.9 Å². The first kappa shape index (κ1) is 15.9. The molecule has 0 radical (unpaired) electrons. The molecule has 0 aliphatic carbocycles. The molecule has 0 saturated heterocycles. The van der Waals surface area contributed by atoms with Gasteiger partial charge in [0, 0.05) is 30.1 Å². The van der Waals surface area contributed by atoms with Crippen LogP contribution < -0.4 is 9.86 Å². The van der Waals surface area contributed by atoms with Crippen molar-refractivity contribution in [2.24, 2.45) is 12.2 Å². The normalized spacial score (nSPS) is 12.3. The van der Waals surface area contributed by atoms with Crippen LogP contribution in [0.25, 0.3) is 0 Å². The summed E-state index contributed by atoms with van der Waals surface area (Å²) in [6, 6.07) is 1.31. The van der Waals surface area contributed by atoms with Gasteiger partial charge in [-0.05, 0) is 22.0 Å². The summed E-state index contributed by atoms with van der Waals surface area (Å²) in [6.45, 7) is 0. The fourth-order valence-electron chi connectivity index (χ4n) is 1.47. The lowest BCUT2D eigenvalue weighted by atomic mass is 10.5. The number of nitrogens with one attached hydrogen (secondary N) is 1. The number of nitrogens with zero attached hydrogens (tertiary/aromatic N) is 3. The van der Waals surface area contributed by atoms with Crippen LogP contribution in [0.4, 0.5) is 5.82 Å². The van der Waals surface area contributed by atoms with E-state index < -0.39 is 24.9 Å². The molecular formula is C9H10BrN5O4S2. The van der Waals surface area contributed by atoms with Gasteiger partial charge in [0.15, 0.2) is 5.82 Å². The molecule has 12 heteroatoms. The minimum absolute atomic E-state index is 0.150. The molecule has 0 unspecified atom stereocenters. The summed E-state index contributed by atoms with van der Waals surface area (Å²) in [5.74, 6) is -0.375. The number of halogens is 1. The second-order valence-corrected chi connectivity index (χ2v) is 8.13. The van der Waals surface area contributed by atoms with Crippen LogP contribution in [-0.4, -0.2) is 31.6 Å². The number of rotatable bonds is 4. The van der Waals surface area contributed by atoms with Gasteiger partial charge in [0.2, 0.25) is 10.0 Å². The van der Waals surface area contributed by atoms with Gasteiger partial charge in [-0.2, -0.15) is 5.10 Å². The highest BCUT2D eigenvalue weighted by Gasteiger charge is 2.24. The molecule has 0 amide bonds. The van der Waals surface area contributed by atoms with E-state index in [9.17, 15) is 16.8 Å². The highest BCUT2D eigenvalue weighted by atomic mass is 79.9. The summed E-state index contributed by atoms with van der Waals surface area (Å²) < 4.78 is 50.9. The number of sulfonamides is 2. The number of primary sulfonamides is 1. The predicted molar refractivity (Wildman–Crippen MR) is 77.3 cm³/mol. The molecule has 2 aromatic heterocycles. The third-order valence-electron chi connectivity index (χ3n) is 2.32. The van der Waals surface area contributed by atoms with Crippen LogP contribution in [-0.2, 0) is 27.1 Å². The van der Waals surface area contributed by atoms with E-state index in [0.29, 0.717) is 4.47 Å². The predicted octanol–water partition coefficient (Wildman–Crippen LogP) is 0.0258. The van der Waals surface area contributed by atoms with Crippen LogP contribution in [0.3, 0.4) is 0 Å². The van der Waals surface area contributed by atoms with Gasteiger partial charge in [-0.15, -0.1) is 0 Å². The summed E-state index contributed by atoms with van der Waals surface area (Å²) in [4.78, 5) is 3.16. The number of anilines is 1. The molecule has 3 N–H and O–H groups in total. The van der Waals surface area contributed by atoms with E-state index in [4.69, 9.17) is 5.14 Å². The molecule has 21 heavy (non-hydrogen) atoms. The van der Waals surface area contributed by atoms with Crippen LogP contribution in [0, 0.1) is 0 Å². The number of aromatic nitrogens is 3. The van der Waals surface area contributed by atoms with Crippen LogP contribution in [0.2, 0.25) is 0 Å². The first-order valence-corrected chi connectivity index (χ1v) is 9.11. The van der Waals surface area contributed by atoms with Gasteiger partial charge in [-0.1, -0.05) is 0 Å². The highest BCUT2D eigenvalue weighted by molar-refractivity contribution is 9.10. The average molecular weight is 396 g/mol. The molecule has 0 aromatic carbocycles. The number of hydrogen-bond donors (Lipinski definition) is 2. The lowest BCUT2D eigenvalue weighted by Gasteiger charge is -2.06. The Hall–Kier alpha value is -1.50. The second-order valence-electron chi connectivity index (χ2n) is 4.00. The van der Waals surface area contributed by atoms with Crippen LogP contribution in [0.5, 0.6) is 0 Å². The lowest BCUT2D eigenvalue weighted by molar-refractivity contribution is 0.598. The maximum absolute atomic E-state index is 12.2. The molecule has 0 aliphatic rings. The van der Waals surface area contributed by atoms with Gasteiger partial charge in [-0.25, -0.2) is 22.0 Å². The number of hydrogen-bond acceptors (Lipinski definition) is 6. The largest absolute Gasteiger partial charge is 0.272 e. The van der Waals surface area contributed by atoms with E-state index in [2.05, 4.69) is 30.7 Å². The lowest BCUT2D eigenvalue weighted by Crippen LogP contribution is -2.18. The van der Waals surface area contributed by atoms with Gasteiger partial charge in [0.25, 0.3) is 10.0 Å². The smallest absolute Gasteiger partial charge is 0.264 e. The Morgan fingerprint density at radius 2 is 1.95 bits per heavy atom. The Labute approximate surface area is 129 Å². The molecule has 2 aromatic rings. The van der Waals surface area contributed by atoms with E-state index in [0.717, 1.165) is 17.1 Å². The van der Waals surface area contributed by atoms with Gasteiger partial charge in [0.05, 0.1) is 0 Å². The average Bonchev–Trinajstić information content (AvgIpc) is 2.69. The summed E-state index contributed by atoms with van der Waals surface area (Å²) in [6.07, 6.45) is 3.63. The van der Waals surface area contributed by atoms with E-state index in [1.54, 1.807) is 0 Å². The maximum atomic E-state index is 12.2. The third-order valence-corrected chi connectivity index (χ3v) is 4.97. The fraction of sp³-hybridized carbons (Fsp3) is 0.111. The zero-order valence-electron chi connectivity index (χ0n) is 10.6. The monoisotopic (exact) mass is 395 g/mol. The molecule has 0 spiro atoms. The van der Waals surface area contributed by atoms with Crippen molar-refractivity contribution in [1.82, 2.24) is 14.8 Å².